The van der Waals surface area contributed by atoms with Crippen molar-refractivity contribution in [2.75, 3.05) is 34.7 Å². The fourth-order valence-electron chi connectivity index (χ4n) is 12.6. The Hall–Kier alpha value is -7.74. The molecule has 2 aliphatic rings. The number of amides is 8. The van der Waals surface area contributed by atoms with Gasteiger partial charge >= 0.3 is 5.97 Å². The molecule has 4 aromatic rings. The van der Waals surface area contributed by atoms with Gasteiger partial charge in [-0.25, -0.2) is 4.79 Å². The maximum atomic E-state index is 15.8. The van der Waals surface area contributed by atoms with Gasteiger partial charge in [-0.3, -0.25) is 43.3 Å². The van der Waals surface area contributed by atoms with Crippen molar-refractivity contribution in [3.8, 4) is 11.1 Å². The van der Waals surface area contributed by atoms with Crippen molar-refractivity contribution < 1.29 is 53.0 Å². The van der Waals surface area contributed by atoms with Crippen LogP contribution in [0.5, 0.6) is 0 Å². The number of aliphatic hydroxyl groups is 1. The number of fused-ring (bicyclic) bond motifs is 2. The number of pyridine rings is 1. The molecule has 0 spiro atoms. The number of ether oxygens (including phenoxy) is 1. The molecule has 0 radical (unpaired) electrons. The molecule has 0 unspecified atom stereocenters. The number of cyclic esters (lactones) is 1. The number of hydrogen-bond donors (Lipinski definition) is 4. The van der Waals surface area contributed by atoms with Crippen LogP contribution in [0.4, 0.5) is 0 Å². The van der Waals surface area contributed by atoms with E-state index in [1.165, 1.54) is 61.6 Å². The molecular weight excluding hydrogens is 1130 g/mol. The van der Waals surface area contributed by atoms with E-state index in [1.807, 2.05) is 94.4 Å². The molecule has 4 N–H and O–H groups in total. The molecule has 20 heteroatoms. The number of likely N-dealkylation sites (N-methyl/N-ethyl adjacent to an activating group) is 4. The van der Waals surface area contributed by atoms with Crippen LogP contribution >= 0.6 is 0 Å². The Balaban J connectivity index is 1.53. The fourth-order valence-corrected chi connectivity index (χ4v) is 12.6. The topological polar surface area (TPSA) is 248 Å². The van der Waals surface area contributed by atoms with Crippen LogP contribution in [0.15, 0.2) is 91.3 Å². The van der Waals surface area contributed by atoms with Crippen LogP contribution in [-0.2, 0) is 60.7 Å². The molecule has 11 atom stereocenters. The Labute approximate surface area is 526 Å². The van der Waals surface area contributed by atoms with Crippen LogP contribution < -0.4 is 16.0 Å². The first kappa shape index (κ1) is 70.3. The summed E-state index contributed by atoms with van der Waals surface area (Å²) >= 11 is 0. The van der Waals surface area contributed by atoms with E-state index in [1.54, 1.807) is 66.1 Å². The van der Waals surface area contributed by atoms with Crippen molar-refractivity contribution in [2.45, 2.75) is 188 Å². The van der Waals surface area contributed by atoms with Gasteiger partial charge in [-0.2, -0.15) is 0 Å². The molecule has 8 amide bonds. The van der Waals surface area contributed by atoms with Crippen molar-refractivity contribution in [3.63, 3.8) is 0 Å². The summed E-state index contributed by atoms with van der Waals surface area (Å²) in [6.45, 7) is 20.6. The van der Waals surface area contributed by atoms with E-state index >= 15 is 28.8 Å². The van der Waals surface area contributed by atoms with E-state index in [-0.39, 0.29) is 38.1 Å². The van der Waals surface area contributed by atoms with Crippen LogP contribution in [0.3, 0.4) is 0 Å². The molecule has 0 saturated carbocycles. The summed E-state index contributed by atoms with van der Waals surface area (Å²) in [6.07, 6.45) is 3.44. The molecule has 0 aliphatic carbocycles. The summed E-state index contributed by atoms with van der Waals surface area (Å²) in [4.78, 5) is 147. The number of rotatable bonds is 14. The van der Waals surface area contributed by atoms with Crippen LogP contribution in [0, 0.1) is 29.6 Å². The number of carbonyl (C=O) groups is 9. The molecular formula is C69H97N9O11. The number of aromatic nitrogens is 1. The minimum atomic E-state index is -1.99. The Kier molecular flexibility index (Phi) is 24.2. The SMILES string of the molecule is CC[C@H](C)[C@@H]1NC(=O)[C@@H]2CCCN2C(=O)[C@H](Cc2cccc(-c3cncc4ccccc34)c2)N(C)C(=O)[C@H](Cc2ccccc2)NC(=O)[C@H](C(C)C)N(C)C(=O)[C@@H]([C@@H](C)CC)OC(=O)[C@H](C(C)(C)O)N(C)C(=O)[C@H](CC(C)C)NC(=O)[C@H](C(C)C)N(C)C1=O. The van der Waals surface area contributed by atoms with Gasteiger partial charge in [0.2, 0.25) is 41.4 Å². The van der Waals surface area contributed by atoms with Crippen LogP contribution in [0.2, 0.25) is 0 Å². The zero-order chi connectivity index (χ0) is 65.9. The average molecular weight is 1230 g/mol. The molecule has 3 aromatic carbocycles. The van der Waals surface area contributed by atoms with Crippen LogP contribution in [0.1, 0.15) is 126 Å². The van der Waals surface area contributed by atoms with Crippen LogP contribution in [0.25, 0.3) is 21.9 Å². The van der Waals surface area contributed by atoms with E-state index < -0.39 is 137 Å². The summed E-state index contributed by atoms with van der Waals surface area (Å²) in [6, 6.07) is 14.2. The highest BCUT2D eigenvalue weighted by Crippen LogP contribution is 2.31. The number of nitrogens with zero attached hydrogens (tertiary/aromatic N) is 6. The smallest absolute Gasteiger partial charge is 0.332 e. The molecule has 89 heavy (non-hydrogen) atoms. The standard InChI is InChI=1S/C69H97N9O11/c1-17-43(9)55-66(85)75(14)56(41(5)6)61(80)71-51(34-40(3)4)64(83)77(16)59(69(11,12)88)68(87)89-58(44(10)18-2)67(86)76(15)57(42(7)8)62(81)72-52(36-45-26-20-19-21-27-45)63(82)74(13)54(65(84)78-33-25-32-53(78)60(79)73-55)37-46-28-24-30-47(35-46)50-39-70-38-48-29-22-23-31-49(48)50/h19-24,26-31,35,38-44,51-59,88H,17-18,25,32-34,36-37H2,1-16H3,(H,71,80)(H,72,81)(H,73,79)/t43-,44-,51-,52-,53-,54-,55-,56-,57-,58+,59+/m0/s1. The van der Waals surface area contributed by atoms with E-state index in [4.69, 9.17) is 4.74 Å². The third-order valence-corrected chi connectivity index (χ3v) is 17.9. The van der Waals surface area contributed by atoms with Gasteiger partial charge in [-0.1, -0.05) is 155 Å². The summed E-state index contributed by atoms with van der Waals surface area (Å²) < 4.78 is 6.14. The minimum absolute atomic E-state index is 0.0311. The Bertz CT molecular complexity index is 3160. The molecule has 2 saturated heterocycles. The van der Waals surface area contributed by atoms with E-state index in [0.29, 0.717) is 30.4 Å². The first-order valence-electron chi connectivity index (χ1n) is 31.6. The van der Waals surface area contributed by atoms with Gasteiger partial charge in [-0.05, 0) is 85.3 Å². The van der Waals surface area contributed by atoms with Gasteiger partial charge in [0, 0.05) is 76.8 Å². The lowest BCUT2D eigenvalue weighted by Gasteiger charge is -2.39. The molecule has 1 aromatic heterocycles. The van der Waals surface area contributed by atoms with Gasteiger partial charge in [0.15, 0.2) is 12.1 Å². The molecule has 484 valence electrons. The largest absolute Gasteiger partial charge is 0.450 e. The Morgan fingerprint density at radius 2 is 1.18 bits per heavy atom. The second-order valence-electron chi connectivity index (χ2n) is 26.3. The van der Waals surface area contributed by atoms with Crippen molar-refractivity contribution >= 4 is 64.0 Å². The van der Waals surface area contributed by atoms with Gasteiger partial charge in [0.05, 0.1) is 5.60 Å². The lowest BCUT2D eigenvalue weighted by molar-refractivity contribution is -0.177. The highest BCUT2D eigenvalue weighted by Gasteiger charge is 2.48. The number of carbonyl (C=O) groups excluding carboxylic acids is 9. The molecule has 2 fully saturated rings. The molecule has 3 heterocycles. The predicted octanol–water partition coefficient (Wildman–Crippen LogP) is 6.59. The number of benzene rings is 3. The van der Waals surface area contributed by atoms with Gasteiger partial charge in [0.1, 0.15) is 42.3 Å². The third-order valence-electron chi connectivity index (χ3n) is 17.9. The van der Waals surface area contributed by atoms with Crippen molar-refractivity contribution in [1.29, 1.82) is 0 Å². The lowest BCUT2D eigenvalue weighted by Crippen LogP contribution is -2.63. The number of hydrogen-bond acceptors (Lipinski definition) is 12. The Morgan fingerprint density at radius 3 is 1.78 bits per heavy atom. The first-order chi connectivity index (χ1) is 41.9. The number of nitrogens with one attached hydrogen (secondary N) is 3. The average Bonchev–Trinajstić information content (AvgIpc) is 4.18. The second kappa shape index (κ2) is 30.6. The van der Waals surface area contributed by atoms with Gasteiger partial charge in [-0.15, -0.1) is 0 Å². The summed E-state index contributed by atoms with van der Waals surface area (Å²) in [5.41, 5.74) is 1.03. The third kappa shape index (κ3) is 16.8. The molecule has 6 rings (SSSR count). The highest BCUT2D eigenvalue weighted by molar-refractivity contribution is 6.00. The van der Waals surface area contributed by atoms with E-state index in [9.17, 15) is 19.5 Å². The molecule has 0 bridgehead atoms. The molecule has 20 nitrogen and oxygen atoms in total. The summed E-state index contributed by atoms with van der Waals surface area (Å²) in [7, 11) is 5.68. The molecule has 2 aliphatic heterocycles. The minimum Gasteiger partial charge on any atom is -0.450 e. The van der Waals surface area contributed by atoms with Crippen LogP contribution in [-0.4, -0.2) is 183 Å². The predicted molar refractivity (Wildman–Crippen MR) is 342 cm³/mol. The summed E-state index contributed by atoms with van der Waals surface area (Å²) in [5, 5.41) is 22.5. The van der Waals surface area contributed by atoms with E-state index in [0.717, 1.165) is 26.8 Å². The van der Waals surface area contributed by atoms with E-state index in [2.05, 4.69) is 20.9 Å². The number of esters is 1. The van der Waals surface area contributed by atoms with Gasteiger partial charge in [0.25, 0.3) is 5.91 Å². The quantitative estimate of drug-likeness (QED) is 0.0978. The maximum absolute atomic E-state index is 15.8. The zero-order valence-corrected chi connectivity index (χ0v) is 55.1. The van der Waals surface area contributed by atoms with Crippen molar-refractivity contribution in [3.05, 3.63) is 102 Å². The lowest BCUT2D eigenvalue weighted by atomic mass is 9.93. The summed E-state index contributed by atoms with van der Waals surface area (Å²) in [5.74, 6) is -8.89. The van der Waals surface area contributed by atoms with Crippen molar-refractivity contribution in [1.82, 2.24) is 45.4 Å². The normalized spacial score (nSPS) is 24.9. The highest BCUT2D eigenvalue weighted by atomic mass is 16.6. The van der Waals surface area contributed by atoms with Gasteiger partial charge < -0.3 is 50.3 Å². The van der Waals surface area contributed by atoms with Crippen molar-refractivity contribution in [2.24, 2.45) is 29.6 Å². The Morgan fingerprint density at radius 1 is 0.607 bits per heavy atom. The first-order valence-corrected chi connectivity index (χ1v) is 31.6. The zero-order valence-electron chi connectivity index (χ0n) is 55.1. The second-order valence-corrected chi connectivity index (χ2v) is 26.3. The fraction of sp³-hybridized carbons (Fsp3) is 0.565. The maximum Gasteiger partial charge on any atom is 0.332 e. The monoisotopic (exact) mass is 1230 g/mol.